The van der Waals surface area contributed by atoms with Gasteiger partial charge in [0.15, 0.2) is 0 Å². The average molecular weight is 344 g/mol. The van der Waals surface area contributed by atoms with Crippen LogP contribution in [0.25, 0.3) is 33.3 Å². The number of carboxylic acids is 1. The Kier molecular flexibility index (Phi) is 3.89. The molecule has 0 spiro atoms. The first-order chi connectivity index (χ1) is 12.6. The second-order valence-corrected chi connectivity index (χ2v) is 6.12. The van der Waals surface area contributed by atoms with Crippen LogP contribution in [-0.4, -0.2) is 26.2 Å². The number of phenolic OH excluding ortho intramolecular Hbond substituents is 1. The van der Waals surface area contributed by atoms with Gasteiger partial charge >= 0.3 is 5.97 Å². The number of pyridine rings is 1. The fraction of sp³-hybridized carbons (Fsp3) is 0.0476. The maximum Gasteiger partial charge on any atom is 0.307 e. The molecule has 0 aliphatic carbocycles. The lowest BCUT2D eigenvalue weighted by molar-refractivity contribution is -0.136. The van der Waals surface area contributed by atoms with Crippen molar-refractivity contribution in [2.45, 2.75) is 6.42 Å². The zero-order valence-electron chi connectivity index (χ0n) is 13.8. The van der Waals surface area contributed by atoms with Crippen LogP contribution in [0.2, 0.25) is 0 Å². The molecule has 0 radical (unpaired) electrons. The van der Waals surface area contributed by atoms with Gasteiger partial charge in [-0.1, -0.05) is 36.4 Å². The lowest BCUT2D eigenvalue weighted by atomic mass is 9.98. The predicted molar refractivity (Wildman–Crippen MR) is 100.0 cm³/mol. The fourth-order valence-corrected chi connectivity index (χ4v) is 3.09. The molecule has 0 saturated carbocycles. The van der Waals surface area contributed by atoms with Gasteiger partial charge in [-0.05, 0) is 29.3 Å². The highest BCUT2D eigenvalue weighted by atomic mass is 16.4. The fourth-order valence-electron chi connectivity index (χ4n) is 3.09. The van der Waals surface area contributed by atoms with Crippen LogP contribution >= 0.6 is 0 Å². The number of fused-ring (bicyclic) bond motifs is 1. The highest BCUT2D eigenvalue weighted by Crippen LogP contribution is 2.38. The zero-order valence-corrected chi connectivity index (χ0v) is 13.8. The molecule has 128 valence electrons. The van der Waals surface area contributed by atoms with Gasteiger partial charge in [-0.3, -0.25) is 9.78 Å². The highest BCUT2D eigenvalue weighted by Gasteiger charge is 2.13. The number of carbonyl (C=O) groups is 1. The molecule has 5 heteroatoms. The topological polar surface area (TPSA) is 86.2 Å². The zero-order chi connectivity index (χ0) is 18.1. The van der Waals surface area contributed by atoms with E-state index in [9.17, 15) is 9.90 Å². The van der Waals surface area contributed by atoms with E-state index >= 15 is 0 Å². The Hall–Kier alpha value is -3.60. The Balaban J connectivity index is 1.75. The third-order valence-corrected chi connectivity index (χ3v) is 4.37. The molecule has 2 heterocycles. The number of para-hydroxylation sites is 1. The van der Waals surface area contributed by atoms with Crippen LogP contribution in [-0.2, 0) is 11.2 Å². The quantitative estimate of drug-likeness (QED) is 0.517. The monoisotopic (exact) mass is 344 g/mol. The molecule has 0 saturated heterocycles. The van der Waals surface area contributed by atoms with Gasteiger partial charge in [-0.15, -0.1) is 0 Å². The molecule has 4 rings (SSSR count). The molecule has 0 atom stereocenters. The van der Waals surface area contributed by atoms with E-state index in [2.05, 4.69) is 9.97 Å². The van der Waals surface area contributed by atoms with Crippen molar-refractivity contribution in [1.82, 2.24) is 9.97 Å². The number of aromatic hydroxyl groups is 1. The first kappa shape index (κ1) is 15.9. The maximum atomic E-state index is 10.8. The van der Waals surface area contributed by atoms with Gasteiger partial charge in [0.05, 0.1) is 23.8 Å². The number of carboxylic acid groups (broad SMARTS) is 1. The van der Waals surface area contributed by atoms with E-state index < -0.39 is 5.97 Å². The number of rotatable bonds is 4. The molecule has 0 aliphatic heterocycles. The van der Waals surface area contributed by atoms with Gasteiger partial charge in [0.2, 0.25) is 0 Å². The average Bonchev–Trinajstić information content (AvgIpc) is 3.06. The minimum atomic E-state index is -0.865. The number of hydrogen-bond acceptors (Lipinski definition) is 3. The van der Waals surface area contributed by atoms with Crippen LogP contribution in [0.15, 0.2) is 67.0 Å². The van der Waals surface area contributed by atoms with Crippen molar-refractivity contribution in [3.8, 4) is 28.1 Å². The van der Waals surface area contributed by atoms with Crippen molar-refractivity contribution in [1.29, 1.82) is 0 Å². The maximum absolute atomic E-state index is 10.8. The molecule has 4 aromatic rings. The van der Waals surface area contributed by atoms with Crippen LogP contribution in [0.1, 0.15) is 5.56 Å². The van der Waals surface area contributed by atoms with Gasteiger partial charge in [0.25, 0.3) is 0 Å². The van der Waals surface area contributed by atoms with Gasteiger partial charge in [-0.2, -0.15) is 0 Å². The summed E-state index contributed by atoms with van der Waals surface area (Å²) in [6, 6.07) is 16.7. The number of hydrogen-bond donors (Lipinski definition) is 3. The number of nitrogens with one attached hydrogen (secondary N) is 1. The smallest absolute Gasteiger partial charge is 0.307 e. The van der Waals surface area contributed by atoms with Crippen molar-refractivity contribution >= 4 is 16.9 Å². The Morgan fingerprint density at radius 2 is 1.81 bits per heavy atom. The summed E-state index contributed by atoms with van der Waals surface area (Å²) < 4.78 is 0. The van der Waals surface area contributed by atoms with Crippen molar-refractivity contribution in [3.05, 3.63) is 72.6 Å². The standard InChI is InChI=1S/C21H16N2O3/c24-20(25)10-13-4-6-14(7-5-13)16-2-1-3-17(21(16)26)18-11-15-8-9-22-12-19(15)23-18/h1-9,11-12,23,26H,10H2,(H,24,25). The summed E-state index contributed by atoms with van der Waals surface area (Å²) in [6.45, 7) is 0. The van der Waals surface area contributed by atoms with Crippen molar-refractivity contribution in [2.24, 2.45) is 0 Å². The molecule has 0 aliphatic rings. The van der Waals surface area contributed by atoms with E-state index in [4.69, 9.17) is 5.11 Å². The molecule has 3 N–H and O–H groups in total. The van der Waals surface area contributed by atoms with Crippen LogP contribution in [0.3, 0.4) is 0 Å². The number of nitrogens with zero attached hydrogens (tertiary/aromatic N) is 1. The Morgan fingerprint density at radius 1 is 1.04 bits per heavy atom. The summed E-state index contributed by atoms with van der Waals surface area (Å²) in [7, 11) is 0. The summed E-state index contributed by atoms with van der Waals surface area (Å²) >= 11 is 0. The minimum Gasteiger partial charge on any atom is -0.507 e. The van der Waals surface area contributed by atoms with E-state index in [-0.39, 0.29) is 12.2 Å². The molecule has 5 nitrogen and oxygen atoms in total. The summed E-state index contributed by atoms with van der Waals surface area (Å²) in [4.78, 5) is 18.2. The van der Waals surface area contributed by atoms with Gasteiger partial charge in [-0.25, -0.2) is 0 Å². The third-order valence-electron chi connectivity index (χ3n) is 4.37. The molecule has 0 bridgehead atoms. The number of aromatic amines is 1. The number of aromatic nitrogens is 2. The van der Waals surface area contributed by atoms with Crippen LogP contribution in [0, 0.1) is 0 Å². The largest absolute Gasteiger partial charge is 0.507 e. The molecule has 2 aromatic heterocycles. The SMILES string of the molecule is O=C(O)Cc1ccc(-c2cccc(-c3cc4ccncc4[nH]3)c2O)cc1. The predicted octanol–water partition coefficient (Wildman–Crippen LogP) is 4.23. The van der Waals surface area contributed by atoms with E-state index in [1.165, 1.54) is 0 Å². The minimum absolute atomic E-state index is 0.0185. The Morgan fingerprint density at radius 3 is 2.54 bits per heavy atom. The first-order valence-corrected chi connectivity index (χ1v) is 8.18. The van der Waals surface area contributed by atoms with Crippen LogP contribution < -0.4 is 0 Å². The Bertz CT molecular complexity index is 1060. The number of aliphatic carboxylic acids is 1. The van der Waals surface area contributed by atoms with E-state index in [0.717, 1.165) is 27.7 Å². The summed E-state index contributed by atoms with van der Waals surface area (Å²) in [5, 5.41) is 20.7. The molecule has 0 fully saturated rings. The normalized spacial score (nSPS) is 10.9. The van der Waals surface area contributed by atoms with Gasteiger partial charge in [0, 0.05) is 22.7 Å². The van der Waals surface area contributed by atoms with Crippen molar-refractivity contribution < 1.29 is 15.0 Å². The second kappa shape index (κ2) is 6.37. The van der Waals surface area contributed by atoms with Crippen LogP contribution in [0.4, 0.5) is 0 Å². The lowest BCUT2D eigenvalue weighted by Crippen LogP contribution is -1.99. The summed E-state index contributed by atoms with van der Waals surface area (Å²) in [6.07, 6.45) is 3.46. The van der Waals surface area contributed by atoms with Crippen LogP contribution in [0.5, 0.6) is 5.75 Å². The van der Waals surface area contributed by atoms with Gasteiger partial charge < -0.3 is 15.2 Å². The third kappa shape index (κ3) is 2.91. The molecule has 0 amide bonds. The molecular formula is C21H16N2O3. The number of phenols is 1. The molecule has 0 unspecified atom stereocenters. The second-order valence-electron chi connectivity index (χ2n) is 6.12. The molecular weight excluding hydrogens is 328 g/mol. The van der Waals surface area contributed by atoms with E-state index in [1.54, 1.807) is 24.5 Å². The van der Waals surface area contributed by atoms with E-state index in [0.29, 0.717) is 11.1 Å². The lowest BCUT2D eigenvalue weighted by Gasteiger charge is -2.10. The van der Waals surface area contributed by atoms with E-state index in [1.807, 2.05) is 42.5 Å². The van der Waals surface area contributed by atoms with Crippen molar-refractivity contribution in [3.63, 3.8) is 0 Å². The number of benzene rings is 2. The summed E-state index contributed by atoms with van der Waals surface area (Å²) in [5.74, 6) is -0.686. The molecule has 2 aromatic carbocycles. The first-order valence-electron chi connectivity index (χ1n) is 8.18. The van der Waals surface area contributed by atoms with Crippen molar-refractivity contribution in [2.75, 3.05) is 0 Å². The highest BCUT2D eigenvalue weighted by molar-refractivity contribution is 5.88. The Labute approximate surface area is 149 Å². The molecule has 26 heavy (non-hydrogen) atoms. The number of H-pyrrole nitrogens is 1. The summed E-state index contributed by atoms with van der Waals surface area (Å²) in [5.41, 5.74) is 4.67. The van der Waals surface area contributed by atoms with Gasteiger partial charge in [0.1, 0.15) is 5.75 Å².